The zero-order chi connectivity index (χ0) is 20.4. The first-order chi connectivity index (χ1) is 13.5. The Bertz CT molecular complexity index is 532. The average Bonchev–Trinajstić information content (AvgIpc) is 3.18. The molecule has 0 aliphatic carbocycles. The number of urea groups is 1. The number of aliphatic carboxylic acids is 1. The number of carboxylic acid groups (broad SMARTS) is 1. The number of hydrogen-bond acceptors (Lipinski definition) is 4. The van der Waals surface area contributed by atoms with Crippen molar-refractivity contribution in [2.45, 2.75) is 88.5 Å². The normalized spacial score (nSPS) is 23.5. The predicted molar refractivity (Wildman–Crippen MR) is 112 cm³/mol. The molecule has 0 unspecified atom stereocenters. The zero-order valence-electron chi connectivity index (χ0n) is 17.0. The highest BCUT2D eigenvalue weighted by Gasteiger charge is 2.47. The third-order valence-electron chi connectivity index (χ3n) is 5.50. The van der Waals surface area contributed by atoms with Crippen LogP contribution in [0.4, 0.5) is 4.79 Å². The smallest absolute Gasteiger partial charge is 0.318 e. The largest absolute Gasteiger partial charge is 0.481 e. The van der Waals surface area contributed by atoms with Gasteiger partial charge in [-0.2, -0.15) is 11.8 Å². The Morgan fingerprint density at radius 2 is 1.96 bits per heavy atom. The predicted octanol–water partition coefficient (Wildman–Crippen LogP) is 2.99. The van der Waals surface area contributed by atoms with Gasteiger partial charge in [-0.05, 0) is 32.1 Å². The number of carbonyl (C=O) groups is 3. The summed E-state index contributed by atoms with van der Waals surface area (Å²) in [6.45, 7) is 3.61. The number of carboxylic acids is 1. The van der Waals surface area contributed by atoms with Gasteiger partial charge < -0.3 is 20.6 Å². The van der Waals surface area contributed by atoms with Gasteiger partial charge >= 0.3 is 12.0 Å². The lowest BCUT2D eigenvalue weighted by Gasteiger charge is -2.27. The maximum atomic E-state index is 12.2. The summed E-state index contributed by atoms with van der Waals surface area (Å²) in [6.07, 6.45) is 8.12. The van der Waals surface area contributed by atoms with Crippen molar-refractivity contribution in [3.8, 4) is 0 Å². The Morgan fingerprint density at radius 1 is 1.18 bits per heavy atom. The van der Waals surface area contributed by atoms with Crippen LogP contribution in [0.2, 0.25) is 0 Å². The molecule has 0 bridgehead atoms. The van der Waals surface area contributed by atoms with E-state index in [1.165, 1.54) is 0 Å². The quantitative estimate of drug-likeness (QED) is 0.300. The lowest BCUT2D eigenvalue weighted by Crippen LogP contribution is -2.41. The molecule has 2 aliphatic rings. The molecule has 3 amide bonds. The van der Waals surface area contributed by atoms with Crippen molar-refractivity contribution < 1.29 is 19.5 Å². The van der Waals surface area contributed by atoms with Crippen LogP contribution in [-0.4, -0.2) is 64.1 Å². The highest BCUT2D eigenvalue weighted by molar-refractivity contribution is 8.00. The van der Waals surface area contributed by atoms with E-state index in [0.717, 1.165) is 57.2 Å². The molecular formula is C20H35N3O4S. The van der Waals surface area contributed by atoms with E-state index in [2.05, 4.69) is 17.6 Å². The fourth-order valence-electron chi connectivity index (χ4n) is 3.96. The fourth-order valence-corrected chi connectivity index (χ4v) is 5.57. The maximum Gasteiger partial charge on any atom is 0.318 e. The van der Waals surface area contributed by atoms with Gasteiger partial charge in [0.25, 0.3) is 0 Å². The monoisotopic (exact) mass is 413 g/mol. The first-order valence-electron chi connectivity index (χ1n) is 10.7. The average molecular weight is 414 g/mol. The summed E-state index contributed by atoms with van der Waals surface area (Å²) in [5.74, 6) is 0.311. The number of unbranched alkanes of at least 4 members (excludes halogenated alkanes) is 4. The van der Waals surface area contributed by atoms with Gasteiger partial charge in [0, 0.05) is 36.9 Å². The molecule has 2 heterocycles. The summed E-state index contributed by atoms with van der Waals surface area (Å²) < 4.78 is 0. The van der Waals surface area contributed by atoms with Gasteiger partial charge in [0.15, 0.2) is 0 Å². The Labute approximate surface area is 172 Å². The Balaban J connectivity index is 1.57. The lowest BCUT2D eigenvalue weighted by atomic mass is 10.0. The number of nitrogens with one attached hydrogen (secondary N) is 2. The summed E-state index contributed by atoms with van der Waals surface area (Å²) in [4.78, 5) is 36.6. The number of nitrogens with zero attached hydrogens (tertiary/aromatic N) is 1. The van der Waals surface area contributed by atoms with Crippen molar-refractivity contribution >= 4 is 29.7 Å². The molecule has 7 nitrogen and oxygen atoms in total. The van der Waals surface area contributed by atoms with Crippen LogP contribution in [0.5, 0.6) is 0 Å². The number of hydrogen-bond donors (Lipinski definition) is 3. The van der Waals surface area contributed by atoms with Crippen LogP contribution in [0.15, 0.2) is 0 Å². The van der Waals surface area contributed by atoms with Gasteiger partial charge in [-0.25, -0.2) is 4.79 Å². The van der Waals surface area contributed by atoms with E-state index in [-0.39, 0.29) is 24.4 Å². The fraction of sp³-hybridized carbons (Fsp3) is 0.850. The van der Waals surface area contributed by atoms with E-state index in [1.54, 1.807) is 0 Å². The maximum absolute atomic E-state index is 12.2. The van der Waals surface area contributed by atoms with E-state index >= 15 is 0 Å². The van der Waals surface area contributed by atoms with E-state index in [1.807, 2.05) is 16.7 Å². The van der Waals surface area contributed by atoms with Gasteiger partial charge in [-0.15, -0.1) is 0 Å². The summed E-state index contributed by atoms with van der Waals surface area (Å²) >= 11 is 1.96. The van der Waals surface area contributed by atoms with Crippen LogP contribution >= 0.6 is 11.8 Å². The van der Waals surface area contributed by atoms with Gasteiger partial charge in [-0.3, -0.25) is 9.59 Å². The minimum Gasteiger partial charge on any atom is -0.481 e. The minimum absolute atomic E-state index is 0.0810. The molecular weight excluding hydrogens is 378 g/mol. The molecule has 3 atom stereocenters. The number of amides is 3. The molecule has 2 aliphatic heterocycles. The molecule has 28 heavy (non-hydrogen) atoms. The van der Waals surface area contributed by atoms with E-state index < -0.39 is 5.97 Å². The standard InChI is InChI=1S/C20H35N3O4S/c1-2-3-13-23-19-15(22-20(23)27)14-28-16(19)9-6-7-10-17(24)21-12-8-4-5-11-18(25)26/h15-16,19H,2-14H2,1H3,(H,21,24)(H,22,27)(H,25,26)/t15-,16-,19-/m0/s1. The van der Waals surface area contributed by atoms with Crippen molar-refractivity contribution in [1.82, 2.24) is 15.5 Å². The second-order valence-electron chi connectivity index (χ2n) is 7.77. The number of rotatable bonds is 14. The lowest BCUT2D eigenvalue weighted by molar-refractivity contribution is -0.137. The van der Waals surface area contributed by atoms with Crippen LogP contribution in [0.1, 0.15) is 71.1 Å². The third kappa shape index (κ3) is 7.18. The topological polar surface area (TPSA) is 98.7 Å². The van der Waals surface area contributed by atoms with Crippen molar-refractivity contribution in [1.29, 1.82) is 0 Å². The van der Waals surface area contributed by atoms with E-state index in [0.29, 0.717) is 30.7 Å². The second kappa shape index (κ2) is 12.2. The van der Waals surface area contributed by atoms with Crippen molar-refractivity contribution in [3.63, 3.8) is 0 Å². The van der Waals surface area contributed by atoms with Gasteiger partial charge in [0.2, 0.25) is 5.91 Å². The van der Waals surface area contributed by atoms with Crippen LogP contribution < -0.4 is 10.6 Å². The SMILES string of the molecule is CCCCN1C(=O)N[C@H]2CS[C@@H](CCCCC(=O)NCCCCCC(=O)O)[C@H]21. The zero-order valence-corrected chi connectivity index (χ0v) is 17.8. The summed E-state index contributed by atoms with van der Waals surface area (Å²) in [6, 6.07) is 0.684. The molecule has 0 saturated carbocycles. The van der Waals surface area contributed by atoms with E-state index in [4.69, 9.17) is 5.11 Å². The molecule has 0 aromatic carbocycles. The highest BCUT2D eigenvalue weighted by Crippen LogP contribution is 2.37. The number of carbonyl (C=O) groups excluding carboxylic acids is 2. The molecule has 0 radical (unpaired) electrons. The third-order valence-corrected chi connectivity index (χ3v) is 6.99. The molecule has 0 spiro atoms. The molecule has 0 aromatic rings. The number of fused-ring (bicyclic) bond motifs is 1. The van der Waals surface area contributed by atoms with Crippen molar-refractivity contribution in [3.05, 3.63) is 0 Å². The molecule has 8 heteroatoms. The first kappa shape index (κ1) is 22.8. The Morgan fingerprint density at radius 3 is 2.71 bits per heavy atom. The highest BCUT2D eigenvalue weighted by atomic mass is 32.2. The molecule has 2 rings (SSSR count). The Kier molecular flexibility index (Phi) is 9.95. The van der Waals surface area contributed by atoms with Crippen molar-refractivity contribution in [2.75, 3.05) is 18.8 Å². The minimum atomic E-state index is -0.762. The van der Waals surface area contributed by atoms with Gasteiger partial charge in [0.05, 0.1) is 12.1 Å². The number of thioether (sulfide) groups is 1. The molecule has 3 N–H and O–H groups in total. The van der Waals surface area contributed by atoms with Crippen LogP contribution in [0.25, 0.3) is 0 Å². The molecule has 2 saturated heterocycles. The molecule has 2 fully saturated rings. The van der Waals surface area contributed by atoms with E-state index in [9.17, 15) is 14.4 Å². The molecule has 160 valence electrons. The summed E-state index contributed by atoms with van der Waals surface area (Å²) in [5.41, 5.74) is 0. The second-order valence-corrected chi connectivity index (χ2v) is 9.04. The van der Waals surface area contributed by atoms with Crippen molar-refractivity contribution in [2.24, 2.45) is 0 Å². The molecule has 0 aromatic heterocycles. The van der Waals surface area contributed by atoms with Gasteiger partial charge in [0.1, 0.15) is 0 Å². The van der Waals surface area contributed by atoms with Gasteiger partial charge in [-0.1, -0.05) is 26.2 Å². The first-order valence-corrected chi connectivity index (χ1v) is 11.7. The summed E-state index contributed by atoms with van der Waals surface area (Å²) in [7, 11) is 0. The van der Waals surface area contributed by atoms with Crippen LogP contribution in [0, 0.1) is 0 Å². The van der Waals surface area contributed by atoms with Crippen LogP contribution in [-0.2, 0) is 9.59 Å². The summed E-state index contributed by atoms with van der Waals surface area (Å²) in [5, 5.41) is 15.1. The Hall–Kier alpha value is -1.44. The van der Waals surface area contributed by atoms with Crippen LogP contribution in [0.3, 0.4) is 0 Å².